The van der Waals surface area contributed by atoms with E-state index < -0.39 is 16.0 Å². The third-order valence-electron chi connectivity index (χ3n) is 2.87. The first-order chi connectivity index (χ1) is 10.4. The fourth-order valence-electron chi connectivity index (χ4n) is 1.85. The zero-order valence-corrected chi connectivity index (χ0v) is 12.6. The van der Waals surface area contributed by atoms with Crippen LogP contribution in [0.4, 0.5) is 5.88 Å². The Labute approximate surface area is 127 Å². The van der Waals surface area contributed by atoms with Crippen molar-refractivity contribution < 1.29 is 22.4 Å². The van der Waals surface area contributed by atoms with Gasteiger partial charge in [0.25, 0.3) is 10.0 Å². The Kier molecular flexibility index (Phi) is 4.19. The maximum atomic E-state index is 12.2. The lowest BCUT2D eigenvalue weighted by molar-refractivity contribution is 0.0598. The molecule has 0 aliphatic heterocycles. The number of ether oxygens (including phenoxy) is 1. The molecular weight excluding hydrogens is 308 g/mol. The Balaban J connectivity index is 2.48. The van der Waals surface area contributed by atoms with Crippen LogP contribution in [0, 0.1) is 18.3 Å². The van der Waals surface area contributed by atoms with Crippen molar-refractivity contribution in [3.63, 3.8) is 0 Å². The van der Waals surface area contributed by atoms with Crippen molar-refractivity contribution in [3.8, 4) is 6.07 Å². The molecule has 0 saturated heterocycles. The normalized spacial score (nSPS) is 10.8. The number of nitriles is 1. The first kappa shape index (κ1) is 15.6. The molecule has 1 N–H and O–H groups in total. The number of sulfonamides is 1. The molecule has 2 aromatic rings. The van der Waals surface area contributed by atoms with Crippen molar-refractivity contribution in [2.75, 3.05) is 11.8 Å². The molecule has 2 rings (SSSR count). The predicted octanol–water partition coefficient (Wildman–Crippen LogP) is 2.05. The first-order valence-corrected chi connectivity index (χ1v) is 7.58. The number of anilines is 1. The average Bonchev–Trinajstić information content (AvgIpc) is 2.82. The standard InChI is InChI=1S/C14H12N2O5S/c1-9-12(14(17)20-2)11(8-15)13(21-9)16-22(18,19)10-6-4-3-5-7-10/h3-7,16H,1-2H3. The lowest BCUT2D eigenvalue weighted by Gasteiger charge is -2.05. The quantitative estimate of drug-likeness (QED) is 0.863. The van der Waals surface area contributed by atoms with E-state index in [-0.39, 0.29) is 27.7 Å². The number of methoxy groups -OCH3 is 1. The van der Waals surface area contributed by atoms with Crippen LogP contribution in [0.15, 0.2) is 39.6 Å². The van der Waals surface area contributed by atoms with Gasteiger partial charge in [0.1, 0.15) is 23.0 Å². The maximum absolute atomic E-state index is 12.2. The number of benzene rings is 1. The highest BCUT2D eigenvalue weighted by Crippen LogP contribution is 2.28. The van der Waals surface area contributed by atoms with Crippen LogP contribution in [0.5, 0.6) is 0 Å². The number of carbonyl (C=O) groups is 1. The Hall–Kier alpha value is -2.79. The van der Waals surface area contributed by atoms with Crippen LogP contribution in [0.3, 0.4) is 0 Å². The van der Waals surface area contributed by atoms with Gasteiger partial charge in [-0.3, -0.25) is 0 Å². The van der Waals surface area contributed by atoms with E-state index in [2.05, 4.69) is 9.46 Å². The molecular formula is C14H12N2O5S. The van der Waals surface area contributed by atoms with Gasteiger partial charge in [0, 0.05) is 0 Å². The Bertz CT molecular complexity index is 847. The Morgan fingerprint density at radius 3 is 2.50 bits per heavy atom. The third kappa shape index (κ3) is 2.80. The number of hydrogen-bond acceptors (Lipinski definition) is 6. The van der Waals surface area contributed by atoms with Crippen molar-refractivity contribution in [2.45, 2.75) is 11.8 Å². The van der Waals surface area contributed by atoms with Gasteiger partial charge in [-0.2, -0.15) is 5.26 Å². The molecule has 22 heavy (non-hydrogen) atoms. The van der Waals surface area contributed by atoms with E-state index in [0.717, 1.165) is 7.11 Å². The van der Waals surface area contributed by atoms with E-state index in [1.54, 1.807) is 24.3 Å². The van der Waals surface area contributed by atoms with Crippen LogP contribution in [0.2, 0.25) is 0 Å². The summed E-state index contributed by atoms with van der Waals surface area (Å²) in [6, 6.07) is 9.34. The highest BCUT2D eigenvalue weighted by Gasteiger charge is 2.27. The van der Waals surface area contributed by atoms with Gasteiger partial charge >= 0.3 is 5.97 Å². The number of furan rings is 1. The molecule has 8 heteroatoms. The summed E-state index contributed by atoms with van der Waals surface area (Å²) in [6.07, 6.45) is 0. The van der Waals surface area contributed by atoms with Gasteiger partial charge in [-0.15, -0.1) is 0 Å². The molecule has 0 spiro atoms. The molecule has 7 nitrogen and oxygen atoms in total. The van der Waals surface area contributed by atoms with Crippen molar-refractivity contribution in [3.05, 3.63) is 47.2 Å². The number of nitrogens with zero attached hydrogens (tertiary/aromatic N) is 1. The van der Waals surface area contributed by atoms with Crippen LogP contribution in [-0.2, 0) is 14.8 Å². The monoisotopic (exact) mass is 320 g/mol. The molecule has 114 valence electrons. The van der Waals surface area contributed by atoms with Crippen molar-refractivity contribution >= 4 is 21.9 Å². The molecule has 0 atom stereocenters. The second-order valence-electron chi connectivity index (χ2n) is 4.26. The molecule has 0 saturated carbocycles. The minimum Gasteiger partial charge on any atom is -0.465 e. The summed E-state index contributed by atoms with van der Waals surface area (Å²) in [4.78, 5) is 11.7. The maximum Gasteiger partial charge on any atom is 0.342 e. The van der Waals surface area contributed by atoms with Crippen LogP contribution in [0.25, 0.3) is 0 Å². The predicted molar refractivity (Wildman–Crippen MR) is 76.8 cm³/mol. The minimum atomic E-state index is -3.93. The summed E-state index contributed by atoms with van der Waals surface area (Å²) in [6.45, 7) is 1.44. The van der Waals surface area contributed by atoms with Gasteiger partial charge < -0.3 is 9.15 Å². The molecule has 0 radical (unpaired) electrons. The van der Waals surface area contributed by atoms with E-state index in [9.17, 15) is 18.5 Å². The Morgan fingerprint density at radius 1 is 1.32 bits per heavy atom. The lowest BCUT2D eigenvalue weighted by atomic mass is 10.1. The van der Waals surface area contributed by atoms with E-state index >= 15 is 0 Å². The van der Waals surface area contributed by atoms with Crippen molar-refractivity contribution in [1.82, 2.24) is 0 Å². The third-order valence-corrected chi connectivity index (χ3v) is 4.21. The van der Waals surface area contributed by atoms with Gasteiger partial charge in [-0.25, -0.2) is 17.9 Å². The van der Waals surface area contributed by atoms with E-state index in [1.807, 2.05) is 0 Å². The molecule has 0 fully saturated rings. The summed E-state index contributed by atoms with van der Waals surface area (Å²) in [5.74, 6) is -0.999. The largest absolute Gasteiger partial charge is 0.465 e. The van der Waals surface area contributed by atoms with Gasteiger partial charge in [-0.1, -0.05) is 18.2 Å². The number of rotatable bonds is 4. The van der Waals surface area contributed by atoms with Crippen LogP contribution >= 0.6 is 0 Å². The molecule has 0 bridgehead atoms. The molecule has 0 aliphatic rings. The topological polar surface area (TPSA) is 109 Å². The van der Waals surface area contributed by atoms with Gasteiger partial charge in [0.2, 0.25) is 5.88 Å². The molecule has 1 heterocycles. The van der Waals surface area contributed by atoms with Crippen LogP contribution in [-0.4, -0.2) is 21.5 Å². The lowest BCUT2D eigenvalue weighted by Crippen LogP contribution is -2.13. The number of hydrogen-bond donors (Lipinski definition) is 1. The second-order valence-corrected chi connectivity index (χ2v) is 5.94. The van der Waals surface area contributed by atoms with Gasteiger partial charge in [0.15, 0.2) is 0 Å². The first-order valence-electron chi connectivity index (χ1n) is 6.10. The summed E-state index contributed by atoms with van der Waals surface area (Å²) in [7, 11) is -2.77. The van der Waals surface area contributed by atoms with E-state index in [4.69, 9.17) is 4.42 Å². The molecule has 0 aliphatic carbocycles. The summed E-state index contributed by atoms with van der Waals surface area (Å²) in [5, 5.41) is 9.17. The van der Waals surface area contributed by atoms with E-state index in [0.29, 0.717) is 0 Å². The summed E-state index contributed by atoms with van der Waals surface area (Å²) < 4.78 is 36.4. The van der Waals surface area contributed by atoms with Crippen LogP contribution < -0.4 is 4.72 Å². The molecule has 1 aromatic heterocycles. The van der Waals surface area contributed by atoms with Crippen molar-refractivity contribution in [2.24, 2.45) is 0 Å². The summed E-state index contributed by atoms with van der Waals surface area (Å²) >= 11 is 0. The van der Waals surface area contributed by atoms with Crippen molar-refractivity contribution in [1.29, 1.82) is 5.26 Å². The van der Waals surface area contributed by atoms with Gasteiger partial charge in [-0.05, 0) is 19.1 Å². The minimum absolute atomic E-state index is 0.00700. The number of aryl methyl sites for hydroxylation is 1. The van der Waals surface area contributed by atoms with Crippen LogP contribution in [0.1, 0.15) is 21.7 Å². The zero-order valence-electron chi connectivity index (χ0n) is 11.8. The average molecular weight is 320 g/mol. The van der Waals surface area contributed by atoms with Gasteiger partial charge in [0.05, 0.1) is 12.0 Å². The smallest absolute Gasteiger partial charge is 0.342 e. The number of carbonyl (C=O) groups excluding carboxylic acids is 1. The second kappa shape index (κ2) is 5.91. The summed E-state index contributed by atoms with van der Waals surface area (Å²) in [5.41, 5.74) is -0.320. The zero-order chi connectivity index (χ0) is 16.3. The molecule has 0 unspecified atom stereocenters. The fraction of sp³-hybridized carbons (Fsp3) is 0.143. The molecule has 0 amide bonds. The number of nitrogens with one attached hydrogen (secondary N) is 1. The Morgan fingerprint density at radius 2 is 1.95 bits per heavy atom. The number of esters is 1. The van der Waals surface area contributed by atoms with E-state index in [1.165, 1.54) is 19.1 Å². The molecule has 1 aromatic carbocycles. The SMILES string of the molecule is COC(=O)c1c(C)oc(NS(=O)(=O)c2ccccc2)c1C#N. The highest BCUT2D eigenvalue weighted by atomic mass is 32.2. The fourth-order valence-corrected chi connectivity index (χ4v) is 2.87. The highest BCUT2D eigenvalue weighted by molar-refractivity contribution is 7.92.